The second kappa shape index (κ2) is 8.45. The second-order valence-electron chi connectivity index (χ2n) is 8.04. The number of aliphatic hydroxyl groups is 1. The highest BCUT2D eigenvalue weighted by Crippen LogP contribution is 2.24. The first-order valence-corrected chi connectivity index (χ1v) is 10.2. The summed E-state index contributed by atoms with van der Waals surface area (Å²) in [6.45, 7) is 2.15. The van der Waals surface area contributed by atoms with Crippen LogP contribution in [-0.4, -0.2) is 58.2 Å². The lowest BCUT2D eigenvalue weighted by atomic mass is 10.0. The number of hydrogen-bond acceptors (Lipinski definition) is 5. The minimum atomic E-state index is -0.414. The highest BCUT2D eigenvalue weighted by Gasteiger charge is 2.28. The Labute approximate surface area is 175 Å². The number of likely N-dealkylation sites (tertiary alicyclic amines) is 1. The zero-order valence-corrected chi connectivity index (χ0v) is 17.3. The Hall–Kier alpha value is -2.90. The van der Waals surface area contributed by atoms with Crippen molar-refractivity contribution in [3.63, 3.8) is 0 Å². The largest absolute Gasteiger partial charge is 0.419 e. The van der Waals surface area contributed by atoms with Gasteiger partial charge in [0.1, 0.15) is 0 Å². The summed E-state index contributed by atoms with van der Waals surface area (Å²) in [4.78, 5) is 28.9. The van der Waals surface area contributed by atoms with Crippen molar-refractivity contribution in [2.75, 3.05) is 26.7 Å². The van der Waals surface area contributed by atoms with Gasteiger partial charge >= 0.3 is 5.76 Å². The topological polar surface area (TPSA) is 78.9 Å². The Bertz CT molecular complexity index is 1090. The highest BCUT2D eigenvalue weighted by atomic mass is 16.4. The standard InChI is InChI=1S/C23H27N3O4/c1-24(20(17-6-4-3-5-7-17)15-26-11-10-18(27)14-26)22(28)13-16-8-9-21-19(12-16)25(2)23(29)30-21/h3-9,12,18,20,27H,10-11,13-15H2,1-2H3/t18-,20+/m0/s1. The van der Waals surface area contributed by atoms with E-state index >= 15 is 0 Å². The monoisotopic (exact) mass is 409 g/mol. The van der Waals surface area contributed by atoms with E-state index < -0.39 is 5.76 Å². The minimum absolute atomic E-state index is 0.00329. The predicted octanol–water partition coefficient (Wildman–Crippen LogP) is 1.94. The maximum absolute atomic E-state index is 13.2. The van der Waals surface area contributed by atoms with E-state index in [-0.39, 0.29) is 24.5 Å². The van der Waals surface area contributed by atoms with Crippen molar-refractivity contribution in [1.29, 1.82) is 0 Å². The van der Waals surface area contributed by atoms with Crippen LogP contribution in [-0.2, 0) is 18.3 Å². The van der Waals surface area contributed by atoms with Crippen LogP contribution in [0.5, 0.6) is 0 Å². The maximum atomic E-state index is 13.2. The number of carbonyl (C=O) groups excluding carboxylic acids is 1. The second-order valence-corrected chi connectivity index (χ2v) is 8.04. The smallest absolute Gasteiger partial charge is 0.408 e. The van der Waals surface area contributed by atoms with Gasteiger partial charge < -0.3 is 14.4 Å². The third-order valence-electron chi connectivity index (χ3n) is 5.94. The lowest BCUT2D eigenvalue weighted by Gasteiger charge is -2.32. The van der Waals surface area contributed by atoms with Gasteiger partial charge in [-0.2, -0.15) is 0 Å². The van der Waals surface area contributed by atoms with Crippen molar-refractivity contribution in [3.8, 4) is 0 Å². The number of benzene rings is 2. The first-order valence-electron chi connectivity index (χ1n) is 10.2. The molecule has 7 heteroatoms. The molecule has 2 atom stereocenters. The fourth-order valence-corrected chi connectivity index (χ4v) is 4.10. The molecule has 30 heavy (non-hydrogen) atoms. The van der Waals surface area contributed by atoms with Gasteiger partial charge in [0.25, 0.3) is 0 Å². The fourth-order valence-electron chi connectivity index (χ4n) is 4.10. The lowest BCUT2D eigenvalue weighted by molar-refractivity contribution is -0.131. The van der Waals surface area contributed by atoms with Gasteiger partial charge in [-0.15, -0.1) is 0 Å². The van der Waals surface area contributed by atoms with E-state index in [2.05, 4.69) is 4.90 Å². The summed E-state index contributed by atoms with van der Waals surface area (Å²) in [6, 6.07) is 15.3. The molecule has 1 aliphatic heterocycles. The number of oxazole rings is 1. The number of fused-ring (bicyclic) bond motifs is 1. The number of hydrogen-bond donors (Lipinski definition) is 1. The van der Waals surface area contributed by atoms with Crippen molar-refractivity contribution in [2.24, 2.45) is 7.05 Å². The number of aliphatic hydroxyl groups excluding tert-OH is 1. The molecule has 7 nitrogen and oxygen atoms in total. The highest BCUT2D eigenvalue weighted by molar-refractivity contribution is 5.81. The fraction of sp³-hybridized carbons (Fsp3) is 0.391. The number of aryl methyl sites for hydroxylation is 1. The van der Waals surface area contributed by atoms with Gasteiger partial charge in [-0.25, -0.2) is 4.79 Å². The first kappa shape index (κ1) is 20.4. The van der Waals surface area contributed by atoms with Crippen LogP contribution in [0.25, 0.3) is 11.1 Å². The summed E-state index contributed by atoms with van der Waals surface area (Å²) in [5.41, 5.74) is 3.10. The van der Waals surface area contributed by atoms with E-state index in [9.17, 15) is 14.7 Å². The molecular weight excluding hydrogens is 382 g/mol. The van der Waals surface area contributed by atoms with Crippen LogP contribution in [0.15, 0.2) is 57.7 Å². The lowest BCUT2D eigenvalue weighted by Crippen LogP contribution is -2.39. The van der Waals surface area contributed by atoms with Gasteiger partial charge in [0.05, 0.1) is 24.1 Å². The Morgan fingerprint density at radius 3 is 2.73 bits per heavy atom. The minimum Gasteiger partial charge on any atom is -0.408 e. The molecule has 0 spiro atoms. The summed E-state index contributed by atoms with van der Waals surface area (Å²) >= 11 is 0. The Balaban J connectivity index is 1.54. The molecule has 158 valence electrons. The van der Waals surface area contributed by atoms with E-state index in [0.717, 1.165) is 24.1 Å². The Morgan fingerprint density at radius 2 is 2.03 bits per heavy atom. The molecule has 0 saturated carbocycles. The van der Waals surface area contributed by atoms with Crippen LogP contribution in [0.3, 0.4) is 0 Å². The number of amides is 1. The normalized spacial score (nSPS) is 18.0. The molecule has 4 rings (SSSR count). The number of likely N-dealkylation sites (N-methyl/N-ethyl adjacent to an activating group) is 1. The molecule has 3 aromatic rings. The molecule has 0 aliphatic carbocycles. The third kappa shape index (κ3) is 4.17. The van der Waals surface area contributed by atoms with Gasteiger partial charge in [-0.3, -0.25) is 14.3 Å². The van der Waals surface area contributed by atoms with Gasteiger partial charge in [-0.05, 0) is 29.7 Å². The van der Waals surface area contributed by atoms with E-state index in [0.29, 0.717) is 24.2 Å². The molecular formula is C23H27N3O4. The molecule has 1 N–H and O–H groups in total. The van der Waals surface area contributed by atoms with Crippen LogP contribution < -0.4 is 5.76 Å². The van der Waals surface area contributed by atoms with Crippen LogP contribution in [0.4, 0.5) is 0 Å². The number of aromatic nitrogens is 1. The molecule has 1 aromatic heterocycles. The van der Waals surface area contributed by atoms with Crippen molar-refractivity contribution < 1.29 is 14.3 Å². The summed E-state index contributed by atoms with van der Waals surface area (Å²) < 4.78 is 6.61. The van der Waals surface area contributed by atoms with Crippen molar-refractivity contribution in [3.05, 3.63) is 70.2 Å². The van der Waals surface area contributed by atoms with E-state index in [1.54, 1.807) is 18.0 Å². The van der Waals surface area contributed by atoms with Gasteiger partial charge in [0.2, 0.25) is 5.91 Å². The first-order chi connectivity index (χ1) is 14.4. The molecule has 2 aromatic carbocycles. The average Bonchev–Trinajstić information content (AvgIpc) is 3.29. The van der Waals surface area contributed by atoms with Crippen LogP contribution in [0.2, 0.25) is 0 Å². The maximum Gasteiger partial charge on any atom is 0.419 e. The van der Waals surface area contributed by atoms with Gasteiger partial charge in [-0.1, -0.05) is 36.4 Å². The predicted molar refractivity (Wildman–Crippen MR) is 114 cm³/mol. The molecule has 1 aliphatic rings. The zero-order chi connectivity index (χ0) is 21.3. The molecule has 0 unspecified atom stereocenters. The third-order valence-corrected chi connectivity index (χ3v) is 5.94. The van der Waals surface area contributed by atoms with Crippen molar-refractivity contribution in [1.82, 2.24) is 14.4 Å². The quantitative estimate of drug-likeness (QED) is 0.673. The van der Waals surface area contributed by atoms with Crippen molar-refractivity contribution >= 4 is 17.0 Å². The average molecular weight is 409 g/mol. The van der Waals surface area contributed by atoms with Crippen LogP contribution >= 0.6 is 0 Å². The number of rotatable bonds is 6. The molecule has 1 fully saturated rings. The van der Waals surface area contributed by atoms with E-state index in [1.807, 2.05) is 49.5 Å². The van der Waals surface area contributed by atoms with Crippen LogP contribution in [0.1, 0.15) is 23.6 Å². The molecule has 0 radical (unpaired) electrons. The SMILES string of the molecule is CN(C(=O)Cc1ccc2oc(=O)n(C)c2c1)[C@H](CN1CC[C@H](O)C1)c1ccccc1. The zero-order valence-electron chi connectivity index (χ0n) is 17.3. The number of nitrogens with zero attached hydrogens (tertiary/aromatic N) is 3. The Kier molecular flexibility index (Phi) is 5.74. The van der Waals surface area contributed by atoms with E-state index in [1.165, 1.54) is 4.57 Å². The van der Waals surface area contributed by atoms with E-state index in [4.69, 9.17) is 4.42 Å². The molecule has 2 heterocycles. The van der Waals surface area contributed by atoms with Gasteiger partial charge in [0, 0.05) is 33.7 Å². The Morgan fingerprint density at radius 1 is 1.27 bits per heavy atom. The molecule has 1 amide bonds. The van der Waals surface area contributed by atoms with Crippen LogP contribution in [0, 0.1) is 0 Å². The molecule has 0 bridgehead atoms. The van der Waals surface area contributed by atoms with Crippen molar-refractivity contribution in [2.45, 2.75) is 25.0 Å². The number of carbonyl (C=O) groups is 1. The summed E-state index contributed by atoms with van der Waals surface area (Å²) in [5.74, 6) is -0.418. The summed E-state index contributed by atoms with van der Waals surface area (Å²) in [7, 11) is 3.49. The summed E-state index contributed by atoms with van der Waals surface area (Å²) in [6.07, 6.45) is 0.705. The van der Waals surface area contributed by atoms with Gasteiger partial charge in [0.15, 0.2) is 5.58 Å². The number of β-amino-alcohol motifs (C(OH)–C–C–N with tert-alkyl or cyclic N) is 1. The summed E-state index contributed by atoms with van der Waals surface area (Å²) in [5, 5.41) is 9.88. The molecule has 1 saturated heterocycles.